The molecule has 0 saturated heterocycles. The zero-order chi connectivity index (χ0) is 14.7. The van der Waals surface area contributed by atoms with Gasteiger partial charge in [0.15, 0.2) is 0 Å². The lowest BCUT2D eigenvalue weighted by Gasteiger charge is -2.17. The van der Waals surface area contributed by atoms with E-state index in [0.717, 1.165) is 18.4 Å². The standard InChI is InChI=1S/C19H24N2/c1-14-11-18(14)13-21-19(12-20)17-9-7-16(8-10-17)15-5-3-2-4-6-15/h2-10,14,18-19,21H,11-13,20H2,1H3. The van der Waals surface area contributed by atoms with Crippen LogP contribution in [0.2, 0.25) is 0 Å². The third kappa shape index (κ3) is 3.52. The van der Waals surface area contributed by atoms with Crippen LogP contribution in [0.5, 0.6) is 0 Å². The Hall–Kier alpha value is -1.64. The van der Waals surface area contributed by atoms with Crippen molar-refractivity contribution in [2.75, 3.05) is 13.1 Å². The van der Waals surface area contributed by atoms with E-state index in [1.807, 2.05) is 6.07 Å². The summed E-state index contributed by atoms with van der Waals surface area (Å²) < 4.78 is 0. The van der Waals surface area contributed by atoms with E-state index < -0.39 is 0 Å². The average Bonchev–Trinajstić information content (AvgIpc) is 3.25. The quantitative estimate of drug-likeness (QED) is 0.848. The fraction of sp³-hybridized carbons (Fsp3) is 0.368. The van der Waals surface area contributed by atoms with E-state index in [0.29, 0.717) is 6.54 Å². The molecule has 3 rings (SSSR count). The topological polar surface area (TPSA) is 38.0 Å². The Morgan fingerprint density at radius 2 is 1.67 bits per heavy atom. The highest BCUT2D eigenvalue weighted by Gasteiger charge is 2.32. The van der Waals surface area contributed by atoms with E-state index in [4.69, 9.17) is 5.73 Å². The van der Waals surface area contributed by atoms with Gasteiger partial charge in [-0.25, -0.2) is 0 Å². The van der Waals surface area contributed by atoms with Gasteiger partial charge in [-0.3, -0.25) is 0 Å². The molecule has 1 aliphatic rings. The Balaban J connectivity index is 1.67. The fourth-order valence-corrected chi connectivity index (χ4v) is 2.85. The lowest BCUT2D eigenvalue weighted by molar-refractivity contribution is 0.511. The van der Waals surface area contributed by atoms with Gasteiger partial charge in [-0.2, -0.15) is 0 Å². The average molecular weight is 280 g/mol. The summed E-state index contributed by atoms with van der Waals surface area (Å²) in [5, 5.41) is 3.61. The summed E-state index contributed by atoms with van der Waals surface area (Å²) in [6.45, 7) is 4.05. The highest BCUT2D eigenvalue weighted by atomic mass is 14.9. The fourth-order valence-electron chi connectivity index (χ4n) is 2.85. The second kappa shape index (κ2) is 6.42. The van der Waals surface area contributed by atoms with Crippen LogP contribution in [-0.2, 0) is 0 Å². The highest BCUT2D eigenvalue weighted by Crippen LogP contribution is 2.37. The molecule has 2 aromatic rings. The Kier molecular flexibility index (Phi) is 4.37. The van der Waals surface area contributed by atoms with Crippen LogP contribution >= 0.6 is 0 Å². The molecule has 1 fully saturated rings. The van der Waals surface area contributed by atoms with Crippen molar-refractivity contribution in [1.29, 1.82) is 0 Å². The Morgan fingerprint density at radius 3 is 2.24 bits per heavy atom. The number of nitrogens with one attached hydrogen (secondary N) is 1. The predicted molar refractivity (Wildman–Crippen MR) is 88.9 cm³/mol. The summed E-state index contributed by atoms with van der Waals surface area (Å²) in [4.78, 5) is 0. The van der Waals surface area contributed by atoms with Gasteiger partial charge in [-0.05, 0) is 41.5 Å². The summed E-state index contributed by atoms with van der Waals surface area (Å²) in [7, 11) is 0. The van der Waals surface area contributed by atoms with Gasteiger partial charge in [0.1, 0.15) is 0 Å². The van der Waals surface area contributed by atoms with Crippen LogP contribution in [0.1, 0.15) is 24.9 Å². The maximum Gasteiger partial charge on any atom is 0.0444 e. The summed E-state index contributed by atoms with van der Waals surface area (Å²) in [6.07, 6.45) is 1.36. The summed E-state index contributed by atoms with van der Waals surface area (Å²) in [5.41, 5.74) is 9.73. The number of benzene rings is 2. The van der Waals surface area contributed by atoms with E-state index in [-0.39, 0.29) is 6.04 Å². The molecule has 1 saturated carbocycles. The zero-order valence-corrected chi connectivity index (χ0v) is 12.6. The van der Waals surface area contributed by atoms with E-state index in [1.165, 1.54) is 23.1 Å². The first-order chi connectivity index (χ1) is 10.3. The molecule has 3 N–H and O–H groups in total. The summed E-state index contributed by atoms with van der Waals surface area (Å²) in [6, 6.07) is 19.5. The van der Waals surface area contributed by atoms with Gasteiger partial charge in [0.05, 0.1) is 0 Å². The maximum atomic E-state index is 5.93. The molecule has 21 heavy (non-hydrogen) atoms. The second-order valence-corrected chi connectivity index (χ2v) is 6.16. The lowest BCUT2D eigenvalue weighted by atomic mass is 10.0. The Bertz CT molecular complexity index is 562. The molecule has 0 amide bonds. The van der Waals surface area contributed by atoms with Crippen molar-refractivity contribution in [3.05, 3.63) is 60.2 Å². The normalized spacial score (nSPS) is 22.0. The summed E-state index contributed by atoms with van der Waals surface area (Å²) in [5.74, 6) is 1.74. The van der Waals surface area contributed by atoms with Crippen molar-refractivity contribution in [3.8, 4) is 11.1 Å². The first-order valence-electron chi connectivity index (χ1n) is 7.86. The van der Waals surface area contributed by atoms with Crippen molar-refractivity contribution in [3.63, 3.8) is 0 Å². The van der Waals surface area contributed by atoms with Crippen molar-refractivity contribution < 1.29 is 0 Å². The molecule has 2 heteroatoms. The third-order valence-corrected chi connectivity index (χ3v) is 4.56. The molecule has 0 bridgehead atoms. The summed E-state index contributed by atoms with van der Waals surface area (Å²) >= 11 is 0. The van der Waals surface area contributed by atoms with Crippen molar-refractivity contribution in [2.45, 2.75) is 19.4 Å². The lowest BCUT2D eigenvalue weighted by Crippen LogP contribution is -2.30. The van der Waals surface area contributed by atoms with Gasteiger partial charge in [0, 0.05) is 12.6 Å². The van der Waals surface area contributed by atoms with Gasteiger partial charge < -0.3 is 11.1 Å². The minimum absolute atomic E-state index is 0.266. The molecule has 3 unspecified atom stereocenters. The Morgan fingerprint density at radius 1 is 1.05 bits per heavy atom. The number of rotatable bonds is 6. The molecule has 0 spiro atoms. The first-order valence-corrected chi connectivity index (χ1v) is 7.86. The van der Waals surface area contributed by atoms with Gasteiger partial charge in [0.2, 0.25) is 0 Å². The molecule has 0 aromatic heterocycles. The number of hydrogen-bond acceptors (Lipinski definition) is 2. The molecular weight excluding hydrogens is 256 g/mol. The van der Waals surface area contributed by atoms with Crippen molar-refractivity contribution in [1.82, 2.24) is 5.32 Å². The van der Waals surface area contributed by atoms with Crippen LogP contribution in [0, 0.1) is 11.8 Å². The van der Waals surface area contributed by atoms with Gasteiger partial charge >= 0.3 is 0 Å². The zero-order valence-electron chi connectivity index (χ0n) is 12.6. The first kappa shape index (κ1) is 14.3. The van der Waals surface area contributed by atoms with Gasteiger partial charge in [-0.15, -0.1) is 0 Å². The van der Waals surface area contributed by atoms with Crippen LogP contribution in [0.25, 0.3) is 11.1 Å². The van der Waals surface area contributed by atoms with Crippen LogP contribution in [0.4, 0.5) is 0 Å². The van der Waals surface area contributed by atoms with E-state index in [1.54, 1.807) is 0 Å². The second-order valence-electron chi connectivity index (χ2n) is 6.16. The minimum atomic E-state index is 0.266. The molecule has 1 aliphatic carbocycles. The van der Waals surface area contributed by atoms with E-state index >= 15 is 0 Å². The van der Waals surface area contributed by atoms with Crippen LogP contribution in [0.15, 0.2) is 54.6 Å². The maximum absolute atomic E-state index is 5.93. The minimum Gasteiger partial charge on any atom is -0.329 e. The van der Waals surface area contributed by atoms with E-state index in [9.17, 15) is 0 Å². The molecule has 0 radical (unpaired) electrons. The number of nitrogens with two attached hydrogens (primary N) is 1. The van der Waals surface area contributed by atoms with E-state index in [2.05, 4.69) is 60.8 Å². The number of hydrogen-bond donors (Lipinski definition) is 2. The van der Waals surface area contributed by atoms with Crippen molar-refractivity contribution >= 4 is 0 Å². The van der Waals surface area contributed by atoms with Crippen LogP contribution in [0.3, 0.4) is 0 Å². The SMILES string of the molecule is CC1CC1CNC(CN)c1ccc(-c2ccccc2)cc1. The molecule has 3 atom stereocenters. The predicted octanol–water partition coefficient (Wildman–Crippen LogP) is 3.60. The van der Waals surface area contributed by atoms with Gasteiger partial charge in [-0.1, -0.05) is 61.5 Å². The Labute approximate surface area is 127 Å². The van der Waals surface area contributed by atoms with Crippen molar-refractivity contribution in [2.24, 2.45) is 17.6 Å². The molecule has 2 nitrogen and oxygen atoms in total. The third-order valence-electron chi connectivity index (χ3n) is 4.56. The highest BCUT2D eigenvalue weighted by molar-refractivity contribution is 5.63. The molecular formula is C19H24N2. The molecule has 0 heterocycles. The van der Waals surface area contributed by atoms with Gasteiger partial charge in [0.25, 0.3) is 0 Å². The van der Waals surface area contributed by atoms with Crippen LogP contribution in [-0.4, -0.2) is 13.1 Å². The molecule has 2 aromatic carbocycles. The molecule has 0 aliphatic heterocycles. The largest absolute Gasteiger partial charge is 0.329 e. The molecule has 110 valence electrons. The smallest absolute Gasteiger partial charge is 0.0444 e. The van der Waals surface area contributed by atoms with Crippen LogP contribution < -0.4 is 11.1 Å². The monoisotopic (exact) mass is 280 g/mol.